The SMILES string of the molecule is CN(C)CCCC1([Si](C)(C)C)SCCCS1. The third kappa shape index (κ3) is 3.97. The maximum Gasteiger partial charge on any atom is 0.0752 e. The molecule has 0 unspecified atom stereocenters. The smallest absolute Gasteiger partial charge is 0.0752 e. The molecular weight excluding hydrogens is 250 g/mol. The van der Waals surface area contributed by atoms with Crippen molar-refractivity contribution in [2.24, 2.45) is 0 Å². The molecule has 1 rings (SSSR count). The van der Waals surface area contributed by atoms with E-state index in [1.54, 1.807) is 0 Å². The first kappa shape index (κ1) is 14.9. The van der Waals surface area contributed by atoms with Crippen LogP contribution in [0.3, 0.4) is 0 Å². The van der Waals surface area contributed by atoms with Crippen molar-refractivity contribution in [2.75, 3.05) is 32.1 Å². The van der Waals surface area contributed by atoms with Gasteiger partial charge < -0.3 is 4.90 Å². The fourth-order valence-corrected chi connectivity index (χ4v) is 9.99. The fraction of sp³-hybridized carbons (Fsp3) is 1.00. The van der Waals surface area contributed by atoms with Crippen molar-refractivity contribution in [2.45, 2.75) is 42.6 Å². The Hall–Kier alpha value is 0.877. The van der Waals surface area contributed by atoms with E-state index in [2.05, 4.69) is 62.2 Å². The van der Waals surface area contributed by atoms with Crippen molar-refractivity contribution in [1.82, 2.24) is 4.90 Å². The molecule has 0 N–H and O–H groups in total. The lowest BCUT2D eigenvalue weighted by molar-refractivity contribution is 0.395. The zero-order valence-electron chi connectivity index (χ0n) is 11.5. The minimum atomic E-state index is -1.07. The predicted molar refractivity (Wildman–Crippen MR) is 83.4 cm³/mol. The summed E-state index contributed by atoms with van der Waals surface area (Å²) in [5.74, 6) is 2.78. The standard InChI is InChI=1S/C12H27NS2Si/c1-13(2)9-6-8-12(16(3,4)5)14-10-7-11-15-12/h6-11H2,1-5H3. The third-order valence-corrected chi connectivity index (χ3v) is 13.3. The highest BCUT2D eigenvalue weighted by atomic mass is 32.2. The van der Waals surface area contributed by atoms with Crippen LogP contribution in [0.5, 0.6) is 0 Å². The Morgan fingerprint density at radius 1 is 1.12 bits per heavy atom. The van der Waals surface area contributed by atoms with Gasteiger partial charge in [-0.15, -0.1) is 23.5 Å². The van der Waals surface area contributed by atoms with E-state index in [-0.39, 0.29) is 0 Å². The fourth-order valence-electron chi connectivity index (χ4n) is 2.16. The second-order valence-electron chi connectivity index (χ2n) is 5.96. The first-order chi connectivity index (χ1) is 7.37. The molecule has 4 heteroatoms. The van der Waals surface area contributed by atoms with Crippen LogP contribution < -0.4 is 0 Å². The first-order valence-corrected chi connectivity index (χ1v) is 11.8. The van der Waals surface area contributed by atoms with Gasteiger partial charge in [-0.3, -0.25) is 0 Å². The van der Waals surface area contributed by atoms with Crippen molar-refractivity contribution in [3.05, 3.63) is 0 Å². The molecule has 1 nitrogen and oxygen atoms in total. The molecule has 1 aliphatic heterocycles. The molecule has 1 saturated heterocycles. The maximum atomic E-state index is 2.55. The quantitative estimate of drug-likeness (QED) is 0.704. The molecule has 0 aromatic carbocycles. The van der Waals surface area contributed by atoms with Crippen molar-refractivity contribution < 1.29 is 0 Å². The summed E-state index contributed by atoms with van der Waals surface area (Å²) in [6.45, 7) is 8.89. The molecule has 0 aromatic heterocycles. The molecule has 0 spiro atoms. The van der Waals surface area contributed by atoms with Crippen LogP contribution in [0.15, 0.2) is 0 Å². The topological polar surface area (TPSA) is 3.24 Å². The molecule has 0 bridgehead atoms. The average molecular weight is 278 g/mol. The van der Waals surface area contributed by atoms with Crippen molar-refractivity contribution in [1.29, 1.82) is 0 Å². The van der Waals surface area contributed by atoms with Gasteiger partial charge in [-0.2, -0.15) is 0 Å². The molecule has 0 amide bonds. The van der Waals surface area contributed by atoms with E-state index in [9.17, 15) is 0 Å². The van der Waals surface area contributed by atoms with Crippen LogP contribution in [0, 0.1) is 0 Å². The zero-order valence-corrected chi connectivity index (χ0v) is 14.1. The average Bonchev–Trinajstić information content (AvgIpc) is 2.17. The molecule has 1 fully saturated rings. The summed E-state index contributed by atoms with van der Waals surface area (Å²) in [6.07, 6.45) is 4.18. The normalized spacial score (nSPS) is 21.4. The van der Waals surface area contributed by atoms with E-state index in [0.29, 0.717) is 3.70 Å². The monoisotopic (exact) mass is 277 g/mol. The van der Waals surface area contributed by atoms with Crippen LogP contribution in [0.25, 0.3) is 0 Å². The second kappa shape index (κ2) is 6.16. The lowest BCUT2D eigenvalue weighted by atomic mass is 10.3. The van der Waals surface area contributed by atoms with E-state index in [0.717, 1.165) is 0 Å². The Bertz CT molecular complexity index is 208. The summed E-state index contributed by atoms with van der Waals surface area (Å²) < 4.78 is 0.598. The number of hydrogen-bond acceptors (Lipinski definition) is 3. The Kier molecular flexibility index (Phi) is 5.75. The first-order valence-electron chi connectivity index (χ1n) is 6.30. The Balaban J connectivity index is 2.57. The number of thioether (sulfide) groups is 2. The molecule has 0 atom stereocenters. The molecular formula is C12H27NS2Si. The minimum absolute atomic E-state index is 0.598. The highest BCUT2D eigenvalue weighted by Gasteiger charge is 2.44. The van der Waals surface area contributed by atoms with Gasteiger partial charge in [-0.1, -0.05) is 19.6 Å². The lowest BCUT2D eigenvalue weighted by Gasteiger charge is -2.45. The summed E-state index contributed by atoms with van der Waals surface area (Å²) in [7, 11) is 3.29. The Labute approximate surface area is 111 Å². The molecule has 0 aromatic rings. The van der Waals surface area contributed by atoms with Gasteiger partial charge in [0.15, 0.2) is 0 Å². The highest BCUT2D eigenvalue weighted by molar-refractivity contribution is 8.21. The predicted octanol–water partition coefficient (Wildman–Crippen LogP) is 3.77. The van der Waals surface area contributed by atoms with Crippen LogP contribution in [0.1, 0.15) is 19.3 Å². The van der Waals surface area contributed by atoms with Crippen molar-refractivity contribution >= 4 is 31.6 Å². The minimum Gasteiger partial charge on any atom is -0.309 e. The van der Waals surface area contributed by atoms with E-state index in [1.807, 2.05) is 0 Å². The summed E-state index contributed by atoms with van der Waals surface area (Å²) >= 11 is 4.55. The Morgan fingerprint density at radius 2 is 1.69 bits per heavy atom. The second-order valence-corrected chi connectivity index (χ2v) is 15.1. The van der Waals surface area contributed by atoms with E-state index in [1.165, 1.54) is 37.3 Å². The lowest BCUT2D eigenvalue weighted by Crippen LogP contribution is -2.49. The van der Waals surface area contributed by atoms with Gasteiger partial charge in [0.05, 0.1) is 11.8 Å². The molecule has 0 radical (unpaired) electrons. The van der Waals surface area contributed by atoms with E-state index < -0.39 is 8.07 Å². The van der Waals surface area contributed by atoms with Gasteiger partial charge in [0.1, 0.15) is 0 Å². The highest BCUT2D eigenvalue weighted by Crippen LogP contribution is 2.51. The van der Waals surface area contributed by atoms with Crippen LogP contribution in [-0.4, -0.2) is 48.8 Å². The van der Waals surface area contributed by atoms with Gasteiger partial charge in [0.2, 0.25) is 0 Å². The molecule has 96 valence electrons. The van der Waals surface area contributed by atoms with Crippen LogP contribution in [-0.2, 0) is 0 Å². The van der Waals surface area contributed by atoms with Gasteiger partial charge in [-0.05, 0) is 51.4 Å². The summed E-state index contributed by atoms with van der Waals surface area (Å²) in [4.78, 5) is 2.32. The number of rotatable bonds is 5. The Morgan fingerprint density at radius 3 is 2.12 bits per heavy atom. The molecule has 1 aliphatic rings. The van der Waals surface area contributed by atoms with Crippen LogP contribution in [0.4, 0.5) is 0 Å². The van der Waals surface area contributed by atoms with Gasteiger partial charge >= 0.3 is 0 Å². The third-order valence-electron chi connectivity index (χ3n) is 3.21. The molecule has 0 saturated carbocycles. The van der Waals surface area contributed by atoms with Gasteiger partial charge in [0, 0.05) is 0 Å². The van der Waals surface area contributed by atoms with Gasteiger partial charge in [0.25, 0.3) is 0 Å². The number of nitrogens with zero attached hydrogens (tertiary/aromatic N) is 1. The maximum absolute atomic E-state index is 2.55. The molecule has 0 aliphatic carbocycles. The van der Waals surface area contributed by atoms with Crippen LogP contribution >= 0.6 is 23.5 Å². The van der Waals surface area contributed by atoms with Crippen molar-refractivity contribution in [3.63, 3.8) is 0 Å². The summed E-state index contributed by atoms with van der Waals surface area (Å²) in [5.41, 5.74) is 0. The summed E-state index contributed by atoms with van der Waals surface area (Å²) in [6, 6.07) is 0. The van der Waals surface area contributed by atoms with E-state index in [4.69, 9.17) is 0 Å². The van der Waals surface area contributed by atoms with Gasteiger partial charge in [-0.25, -0.2) is 0 Å². The van der Waals surface area contributed by atoms with E-state index >= 15 is 0 Å². The molecule has 1 heterocycles. The largest absolute Gasteiger partial charge is 0.309 e. The molecule has 16 heavy (non-hydrogen) atoms. The summed E-state index contributed by atoms with van der Waals surface area (Å²) in [5, 5.41) is 0. The van der Waals surface area contributed by atoms with Crippen molar-refractivity contribution in [3.8, 4) is 0 Å². The van der Waals surface area contributed by atoms with Crippen LogP contribution in [0.2, 0.25) is 19.6 Å². The number of hydrogen-bond donors (Lipinski definition) is 0. The zero-order chi connectivity index (χ0) is 12.2.